The van der Waals surface area contributed by atoms with Crippen LogP contribution in [0.5, 0.6) is 0 Å². The van der Waals surface area contributed by atoms with Gasteiger partial charge in [0.1, 0.15) is 12.2 Å². The molecule has 2 aliphatic heterocycles. The summed E-state index contributed by atoms with van der Waals surface area (Å²) in [4.78, 5) is 0. The molecule has 0 aromatic heterocycles. The van der Waals surface area contributed by atoms with Crippen molar-refractivity contribution in [2.45, 2.75) is 43.9 Å². The summed E-state index contributed by atoms with van der Waals surface area (Å²) in [5.74, 6) is 0. The largest absolute Gasteiger partial charge is 0.371 e. The zero-order valence-corrected chi connectivity index (χ0v) is 14.8. The van der Waals surface area contributed by atoms with Crippen LogP contribution < -0.4 is 0 Å². The van der Waals surface area contributed by atoms with Crippen LogP contribution in [-0.2, 0) is 30.3 Å². The van der Waals surface area contributed by atoms with Crippen LogP contribution in [0.3, 0.4) is 0 Å². The predicted octanol–water partition coefficient (Wildman–Crippen LogP) is 3.45. The molecule has 0 radical (unpaired) electrons. The van der Waals surface area contributed by atoms with E-state index in [0.717, 1.165) is 11.1 Å². The number of hydrogen-bond acceptors (Lipinski definition) is 5. The van der Waals surface area contributed by atoms with E-state index >= 15 is 0 Å². The zero-order valence-electron chi connectivity index (χ0n) is 14.8. The van der Waals surface area contributed by atoms with Gasteiger partial charge in [0.15, 0.2) is 12.6 Å². The first-order valence-corrected chi connectivity index (χ1v) is 8.99. The maximum atomic E-state index is 6.24. The lowest BCUT2D eigenvalue weighted by Crippen LogP contribution is -2.55. The summed E-state index contributed by atoms with van der Waals surface area (Å²) in [6.07, 6.45) is -0.584. The third-order valence-electron chi connectivity index (χ3n) is 4.82. The SMILES string of the molecule is CO[C@H]1C[C@H](OCc2ccccc2)[C@@H]2OC(c3ccccc3)OC[C@H]2O1. The van der Waals surface area contributed by atoms with Crippen LogP contribution in [0.1, 0.15) is 23.8 Å². The Labute approximate surface area is 153 Å². The first-order valence-electron chi connectivity index (χ1n) is 8.99. The number of hydrogen-bond donors (Lipinski definition) is 0. The molecule has 5 heteroatoms. The lowest BCUT2D eigenvalue weighted by Gasteiger charge is -2.45. The Morgan fingerprint density at radius 1 is 0.962 bits per heavy atom. The van der Waals surface area contributed by atoms with Crippen molar-refractivity contribution in [1.29, 1.82) is 0 Å². The fourth-order valence-electron chi connectivity index (χ4n) is 3.44. The molecule has 5 nitrogen and oxygen atoms in total. The standard InChI is InChI=1S/C21H24O5/c1-22-19-12-17(23-13-15-8-4-2-5-9-15)20-18(25-19)14-24-21(26-20)16-10-6-3-7-11-16/h2-11,17-21H,12-14H2,1H3/t17-,18+,19+,20-,21?/m0/s1. The van der Waals surface area contributed by atoms with Gasteiger partial charge in [-0.25, -0.2) is 0 Å². The van der Waals surface area contributed by atoms with E-state index in [1.165, 1.54) is 0 Å². The second kappa shape index (κ2) is 8.29. The molecule has 0 aliphatic carbocycles. The Balaban J connectivity index is 1.47. The van der Waals surface area contributed by atoms with Crippen molar-refractivity contribution >= 4 is 0 Å². The molecular weight excluding hydrogens is 332 g/mol. The van der Waals surface area contributed by atoms with Crippen LogP contribution in [0.15, 0.2) is 60.7 Å². The molecule has 1 unspecified atom stereocenters. The van der Waals surface area contributed by atoms with E-state index in [9.17, 15) is 0 Å². The van der Waals surface area contributed by atoms with E-state index in [-0.39, 0.29) is 24.6 Å². The van der Waals surface area contributed by atoms with Gasteiger partial charge in [-0.15, -0.1) is 0 Å². The first-order chi connectivity index (χ1) is 12.8. The quantitative estimate of drug-likeness (QED) is 0.821. The van der Waals surface area contributed by atoms with Gasteiger partial charge in [0.25, 0.3) is 0 Å². The number of benzene rings is 2. The van der Waals surface area contributed by atoms with Crippen molar-refractivity contribution in [3.63, 3.8) is 0 Å². The fraction of sp³-hybridized carbons (Fsp3) is 0.429. The zero-order chi connectivity index (χ0) is 17.8. The number of methoxy groups -OCH3 is 1. The average molecular weight is 356 g/mol. The van der Waals surface area contributed by atoms with Gasteiger partial charge in [-0.1, -0.05) is 60.7 Å². The smallest absolute Gasteiger partial charge is 0.184 e. The molecule has 2 aromatic rings. The second-order valence-electron chi connectivity index (χ2n) is 6.59. The van der Waals surface area contributed by atoms with Crippen molar-refractivity contribution in [2.24, 2.45) is 0 Å². The van der Waals surface area contributed by atoms with E-state index in [1.54, 1.807) is 7.11 Å². The molecule has 2 heterocycles. The molecule has 4 rings (SSSR count). The lowest BCUT2D eigenvalue weighted by atomic mass is 10.00. The van der Waals surface area contributed by atoms with Crippen molar-refractivity contribution < 1.29 is 23.7 Å². The Morgan fingerprint density at radius 2 is 1.69 bits per heavy atom. The Kier molecular flexibility index (Phi) is 5.62. The number of ether oxygens (including phenoxy) is 5. The molecule has 2 aromatic carbocycles. The Bertz CT molecular complexity index is 677. The van der Waals surface area contributed by atoms with E-state index in [0.29, 0.717) is 19.6 Å². The van der Waals surface area contributed by atoms with Gasteiger partial charge >= 0.3 is 0 Å². The monoisotopic (exact) mass is 356 g/mol. The third kappa shape index (κ3) is 3.98. The minimum atomic E-state index is -0.400. The Hall–Kier alpha value is -1.76. The lowest BCUT2D eigenvalue weighted by molar-refractivity contribution is -0.339. The average Bonchev–Trinajstić information content (AvgIpc) is 2.72. The molecule has 26 heavy (non-hydrogen) atoms. The van der Waals surface area contributed by atoms with Crippen LogP contribution in [0.4, 0.5) is 0 Å². The highest BCUT2D eigenvalue weighted by Crippen LogP contribution is 2.35. The topological polar surface area (TPSA) is 46.2 Å². The fourth-order valence-corrected chi connectivity index (χ4v) is 3.44. The first kappa shape index (κ1) is 17.6. The van der Waals surface area contributed by atoms with Gasteiger partial charge in [-0.05, 0) is 5.56 Å². The van der Waals surface area contributed by atoms with Crippen LogP contribution >= 0.6 is 0 Å². The minimum absolute atomic E-state index is 0.117. The molecule has 0 N–H and O–H groups in total. The van der Waals surface area contributed by atoms with E-state index in [2.05, 4.69) is 12.1 Å². The van der Waals surface area contributed by atoms with Gasteiger partial charge < -0.3 is 23.7 Å². The van der Waals surface area contributed by atoms with Crippen molar-refractivity contribution in [3.8, 4) is 0 Å². The van der Waals surface area contributed by atoms with Crippen LogP contribution in [-0.4, -0.2) is 38.3 Å². The summed E-state index contributed by atoms with van der Waals surface area (Å²) < 4.78 is 29.7. The van der Waals surface area contributed by atoms with E-state index < -0.39 is 6.29 Å². The molecule has 0 spiro atoms. The van der Waals surface area contributed by atoms with Gasteiger partial charge in [0.2, 0.25) is 0 Å². The summed E-state index contributed by atoms with van der Waals surface area (Å²) in [5.41, 5.74) is 2.14. The van der Waals surface area contributed by atoms with Crippen molar-refractivity contribution in [1.82, 2.24) is 0 Å². The number of rotatable bonds is 5. The van der Waals surface area contributed by atoms with Crippen LogP contribution in [0.25, 0.3) is 0 Å². The normalized spacial score (nSPS) is 31.3. The van der Waals surface area contributed by atoms with Gasteiger partial charge in [0.05, 0.1) is 19.3 Å². The second-order valence-corrected chi connectivity index (χ2v) is 6.59. The minimum Gasteiger partial charge on any atom is -0.371 e. The summed E-state index contributed by atoms with van der Waals surface area (Å²) >= 11 is 0. The molecule has 0 saturated carbocycles. The van der Waals surface area contributed by atoms with E-state index in [1.807, 2.05) is 48.5 Å². The van der Waals surface area contributed by atoms with Crippen molar-refractivity contribution in [3.05, 3.63) is 71.8 Å². The van der Waals surface area contributed by atoms with Crippen LogP contribution in [0.2, 0.25) is 0 Å². The number of fused-ring (bicyclic) bond motifs is 1. The molecule has 138 valence electrons. The summed E-state index contributed by atoms with van der Waals surface area (Å²) in [7, 11) is 1.65. The molecule has 2 saturated heterocycles. The molecule has 2 aliphatic rings. The van der Waals surface area contributed by atoms with Crippen molar-refractivity contribution in [2.75, 3.05) is 13.7 Å². The summed E-state index contributed by atoms with van der Waals surface area (Å²) in [5, 5.41) is 0. The van der Waals surface area contributed by atoms with Crippen LogP contribution in [0, 0.1) is 0 Å². The maximum Gasteiger partial charge on any atom is 0.184 e. The molecule has 5 atom stereocenters. The predicted molar refractivity (Wildman–Crippen MR) is 95.3 cm³/mol. The highest BCUT2D eigenvalue weighted by Gasteiger charge is 2.45. The van der Waals surface area contributed by atoms with Gasteiger partial charge in [-0.2, -0.15) is 0 Å². The van der Waals surface area contributed by atoms with E-state index in [4.69, 9.17) is 23.7 Å². The highest BCUT2D eigenvalue weighted by molar-refractivity contribution is 5.17. The molecule has 0 amide bonds. The van der Waals surface area contributed by atoms with Gasteiger partial charge in [0, 0.05) is 19.1 Å². The Morgan fingerprint density at radius 3 is 2.42 bits per heavy atom. The summed E-state index contributed by atoms with van der Waals surface area (Å²) in [6.45, 7) is 0.987. The third-order valence-corrected chi connectivity index (χ3v) is 4.82. The maximum absolute atomic E-state index is 6.24. The summed E-state index contributed by atoms with van der Waals surface area (Å²) in [6, 6.07) is 20.1. The molecular formula is C21H24O5. The molecule has 2 fully saturated rings. The molecule has 0 bridgehead atoms. The highest BCUT2D eigenvalue weighted by atomic mass is 16.7. The van der Waals surface area contributed by atoms with Gasteiger partial charge in [-0.3, -0.25) is 0 Å².